The third-order valence-electron chi connectivity index (χ3n) is 2.64. The molecule has 0 atom stereocenters. The lowest BCUT2D eigenvalue weighted by molar-refractivity contribution is 0.340. The maximum Gasteiger partial charge on any atom is 0.145 e. The first-order valence-corrected chi connectivity index (χ1v) is 6.47. The fourth-order valence-corrected chi connectivity index (χ4v) is 1.84. The molecule has 0 radical (unpaired) electrons. The van der Waals surface area contributed by atoms with Gasteiger partial charge in [-0.05, 0) is 36.8 Å². The highest BCUT2D eigenvalue weighted by Gasteiger charge is 2.05. The van der Waals surface area contributed by atoms with E-state index in [1.165, 1.54) is 12.1 Å². The maximum atomic E-state index is 13.2. The first-order valence-electron chi connectivity index (χ1n) is 6.09. The lowest BCUT2D eigenvalue weighted by Crippen LogP contribution is -2.03. The van der Waals surface area contributed by atoms with Crippen molar-refractivity contribution in [3.63, 3.8) is 0 Å². The minimum atomic E-state index is -0.305. The lowest BCUT2D eigenvalue weighted by Gasteiger charge is -2.12. The molecule has 0 bridgehead atoms. The summed E-state index contributed by atoms with van der Waals surface area (Å²) in [6.45, 7) is 3.00. The van der Waals surface area contributed by atoms with Crippen LogP contribution in [0.5, 0.6) is 5.75 Å². The van der Waals surface area contributed by atoms with Crippen molar-refractivity contribution in [2.45, 2.75) is 13.5 Å². The Morgan fingerprint density at radius 3 is 2.58 bits per heavy atom. The van der Waals surface area contributed by atoms with Crippen molar-refractivity contribution in [3.05, 3.63) is 58.9 Å². The summed E-state index contributed by atoms with van der Waals surface area (Å²) in [6.07, 6.45) is 0. The van der Waals surface area contributed by atoms with Gasteiger partial charge in [-0.3, -0.25) is 0 Å². The highest BCUT2D eigenvalue weighted by atomic mass is 35.5. The molecule has 0 fully saturated rings. The minimum Gasteiger partial charge on any atom is -0.492 e. The van der Waals surface area contributed by atoms with Crippen molar-refractivity contribution in [3.8, 4) is 5.75 Å². The van der Waals surface area contributed by atoms with E-state index < -0.39 is 0 Å². The van der Waals surface area contributed by atoms with Gasteiger partial charge in [0.05, 0.1) is 12.3 Å². The average molecular weight is 280 g/mol. The standard InChI is InChI=1S/C15H15ClFNO/c1-2-19-15-9-13(17)7-8-14(15)18-10-11-3-5-12(16)6-4-11/h3-9,18H,2,10H2,1H3. The van der Waals surface area contributed by atoms with Crippen LogP contribution in [0.15, 0.2) is 42.5 Å². The normalized spacial score (nSPS) is 10.3. The number of rotatable bonds is 5. The number of anilines is 1. The van der Waals surface area contributed by atoms with Gasteiger partial charge >= 0.3 is 0 Å². The van der Waals surface area contributed by atoms with Crippen LogP contribution in [0.1, 0.15) is 12.5 Å². The van der Waals surface area contributed by atoms with Crippen molar-refractivity contribution < 1.29 is 9.13 Å². The number of hydrogen-bond donors (Lipinski definition) is 1. The monoisotopic (exact) mass is 279 g/mol. The molecular formula is C15H15ClFNO. The van der Waals surface area contributed by atoms with Gasteiger partial charge in [-0.15, -0.1) is 0 Å². The average Bonchev–Trinajstić information content (AvgIpc) is 2.40. The van der Waals surface area contributed by atoms with E-state index in [-0.39, 0.29) is 5.82 Å². The number of benzene rings is 2. The van der Waals surface area contributed by atoms with Gasteiger partial charge in [0.2, 0.25) is 0 Å². The highest BCUT2D eigenvalue weighted by molar-refractivity contribution is 6.30. The molecule has 19 heavy (non-hydrogen) atoms. The van der Waals surface area contributed by atoms with Crippen molar-refractivity contribution in [2.24, 2.45) is 0 Å². The smallest absolute Gasteiger partial charge is 0.145 e. The predicted molar refractivity (Wildman–Crippen MR) is 76.3 cm³/mol. The molecule has 2 rings (SSSR count). The Hall–Kier alpha value is -1.74. The van der Waals surface area contributed by atoms with Gasteiger partial charge in [0, 0.05) is 17.6 Å². The third-order valence-corrected chi connectivity index (χ3v) is 2.89. The van der Waals surface area contributed by atoms with Crippen LogP contribution in [0, 0.1) is 5.82 Å². The summed E-state index contributed by atoms with van der Waals surface area (Å²) in [4.78, 5) is 0. The maximum absolute atomic E-state index is 13.2. The Labute approximate surface area is 117 Å². The van der Waals surface area contributed by atoms with E-state index >= 15 is 0 Å². The zero-order valence-corrected chi connectivity index (χ0v) is 11.4. The van der Waals surface area contributed by atoms with Crippen LogP contribution in [0.4, 0.5) is 10.1 Å². The van der Waals surface area contributed by atoms with Gasteiger partial charge in [-0.1, -0.05) is 23.7 Å². The van der Waals surface area contributed by atoms with E-state index in [1.807, 2.05) is 31.2 Å². The van der Waals surface area contributed by atoms with E-state index in [0.29, 0.717) is 23.9 Å². The Kier molecular flexibility index (Phi) is 4.63. The molecule has 100 valence electrons. The number of halogens is 2. The summed E-state index contributed by atoms with van der Waals surface area (Å²) in [7, 11) is 0. The lowest BCUT2D eigenvalue weighted by atomic mass is 10.2. The van der Waals surface area contributed by atoms with Gasteiger partial charge in [-0.2, -0.15) is 0 Å². The predicted octanol–water partition coefficient (Wildman–Crippen LogP) is 4.49. The van der Waals surface area contributed by atoms with E-state index in [0.717, 1.165) is 11.3 Å². The first-order chi connectivity index (χ1) is 9.19. The molecule has 0 aromatic heterocycles. The largest absolute Gasteiger partial charge is 0.492 e. The SMILES string of the molecule is CCOc1cc(F)ccc1NCc1ccc(Cl)cc1. The molecule has 0 saturated carbocycles. The second-order valence-electron chi connectivity index (χ2n) is 4.05. The fraction of sp³-hybridized carbons (Fsp3) is 0.200. The fourth-order valence-electron chi connectivity index (χ4n) is 1.72. The third kappa shape index (κ3) is 3.86. The summed E-state index contributed by atoms with van der Waals surface area (Å²) in [5.41, 5.74) is 1.87. The molecule has 0 saturated heterocycles. The number of ether oxygens (including phenoxy) is 1. The summed E-state index contributed by atoms with van der Waals surface area (Å²) in [6, 6.07) is 12.0. The summed E-state index contributed by atoms with van der Waals surface area (Å²) in [5.74, 6) is 0.219. The Morgan fingerprint density at radius 2 is 1.89 bits per heavy atom. The van der Waals surface area contributed by atoms with Gasteiger partial charge in [0.25, 0.3) is 0 Å². The summed E-state index contributed by atoms with van der Waals surface area (Å²) in [5, 5.41) is 3.94. The second kappa shape index (κ2) is 6.43. The quantitative estimate of drug-likeness (QED) is 0.871. The molecule has 0 amide bonds. The van der Waals surface area contributed by atoms with Crippen molar-refractivity contribution >= 4 is 17.3 Å². The van der Waals surface area contributed by atoms with Gasteiger partial charge < -0.3 is 10.1 Å². The van der Waals surface area contributed by atoms with E-state index in [4.69, 9.17) is 16.3 Å². The van der Waals surface area contributed by atoms with Gasteiger partial charge in [0.15, 0.2) is 0 Å². The molecule has 0 aliphatic carbocycles. The zero-order valence-electron chi connectivity index (χ0n) is 10.6. The van der Waals surface area contributed by atoms with Gasteiger partial charge in [-0.25, -0.2) is 4.39 Å². The molecule has 0 spiro atoms. The van der Waals surface area contributed by atoms with Gasteiger partial charge in [0.1, 0.15) is 11.6 Å². The van der Waals surface area contributed by atoms with Crippen LogP contribution in [0.2, 0.25) is 5.02 Å². The molecule has 2 nitrogen and oxygen atoms in total. The molecule has 1 N–H and O–H groups in total. The first kappa shape index (κ1) is 13.7. The highest BCUT2D eigenvalue weighted by Crippen LogP contribution is 2.26. The molecule has 0 aliphatic heterocycles. The van der Waals surface area contributed by atoms with E-state index in [9.17, 15) is 4.39 Å². The summed E-state index contributed by atoms with van der Waals surface area (Å²) < 4.78 is 18.6. The van der Waals surface area contributed by atoms with Crippen molar-refractivity contribution in [1.82, 2.24) is 0 Å². The molecule has 2 aromatic carbocycles. The number of nitrogens with one attached hydrogen (secondary N) is 1. The molecule has 0 aliphatic rings. The van der Waals surface area contributed by atoms with E-state index in [1.54, 1.807) is 6.07 Å². The Morgan fingerprint density at radius 1 is 1.16 bits per heavy atom. The molecule has 0 unspecified atom stereocenters. The summed E-state index contributed by atoms with van der Waals surface area (Å²) >= 11 is 5.83. The molecule has 0 heterocycles. The van der Waals surface area contributed by atoms with Crippen molar-refractivity contribution in [1.29, 1.82) is 0 Å². The van der Waals surface area contributed by atoms with Crippen molar-refractivity contribution in [2.75, 3.05) is 11.9 Å². The Bertz CT molecular complexity index is 542. The molecule has 4 heteroatoms. The van der Waals surface area contributed by atoms with Crippen LogP contribution in [0.25, 0.3) is 0 Å². The van der Waals surface area contributed by atoms with Crippen LogP contribution in [-0.4, -0.2) is 6.61 Å². The topological polar surface area (TPSA) is 21.3 Å². The van der Waals surface area contributed by atoms with Crippen LogP contribution >= 0.6 is 11.6 Å². The molecular weight excluding hydrogens is 265 g/mol. The zero-order chi connectivity index (χ0) is 13.7. The van der Waals surface area contributed by atoms with Crippen LogP contribution in [-0.2, 0) is 6.54 Å². The minimum absolute atomic E-state index is 0.305. The van der Waals surface area contributed by atoms with Crippen LogP contribution in [0.3, 0.4) is 0 Å². The number of hydrogen-bond acceptors (Lipinski definition) is 2. The van der Waals surface area contributed by atoms with E-state index in [2.05, 4.69) is 5.32 Å². The second-order valence-corrected chi connectivity index (χ2v) is 4.49. The van der Waals surface area contributed by atoms with Crippen LogP contribution < -0.4 is 10.1 Å². The molecule has 2 aromatic rings. The Balaban J connectivity index is 2.08.